The Morgan fingerprint density at radius 1 is 0.719 bits per heavy atom. The average molecular weight is 894 g/mol. The number of hydrogen-bond acceptors (Lipinski definition) is 14. The number of rotatable bonds is 28. The van der Waals surface area contributed by atoms with E-state index in [9.17, 15) is 19.8 Å². The average Bonchev–Trinajstić information content (AvgIpc) is 3.99. The molecule has 0 aromatic heterocycles. The normalized spacial score (nSPS) is 50.8. The zero-order chi connectivity index (χ0) is 45.1. The van der Waals surface area contributed by atoms with Crippen molar-refractivity contribution >= 4 is 12.3 Å². The van der Waals surface area contributed by atoms with E-state index in [0.717, 1.165) is 76.6 Å². The molecule has 0 aromatic rings. The van der Waals surface area contributed by atoms with Gasteiger partial charge in [-0.3, -0.25) is 4.79 Å². The Balaban J connectivity index is 0.556. The van der Waals surface area contributed by atoms with Crippen LogP contribution in [0.2, 0.25) is 0 Å². The number of aldehydes is 1. The fourth-order valence-electron chi connectivity index (χ4n) is 11.0. The third-order valence-electron chi connectivity index (χ3n) is 16.5. The molecule has 0 saturated carbocycles. The first kappa shape index (κ1) is 45.4. The number of carbonyl (C=O) groups is 2. The maximum atomic E-state index is 10.9. The first-order valence-corrected chi connectivity index (χ1v) is 24.0. The number of aliphatic carboxylic acids is 1. The second-order valence-electron chi connectivity index (χ2n) is 22.1. The highest BCUT2D eigenvalue weighted by atomic mass is 16.7. The number of carbonyl (C=O) groups excluding carboxylic acids is 2. The van der Waals surface area contributed by atoms with Crippen molar-refractivity contribution in [2.45, 2.75) is 245 Å². The van der Waals surface area contributed by atoms with Crippen molar-refractivity contribution in [3.05, 3.63) is 48.1 Å². The highest BCUT2D eigenvalue weighted by Gasteiger charge is 2.65. The molecule has 354 valence electrons. The van der Waals surface area contributed by atoms with Crippen LogP contribution in [0.25, 0.3) is 0 Å². The Morgan fingerprint density at radius 3 is 2.16 bits per heavy atom. The highest BCUT2D eigenvalue weighted by Crippen LogP contribution is 2.56. The predicted octanol–water partition coefficient (Wildman–Crippen LogP) is 4.46. The van der Waals surface area contributed by atoms with Crippen molar-refractivity contribution in [3.8, 4) is 0 Å². The molecule has 14 nitrogen and oxygen atoms in total. The molecule has 0 radical (unpaired) electrons. The molecule has 0 aliphatic carbocycles. The Kier molecular flexibility index (Phi) is 11.7. The molecule has 22 atom stereocenters. The van der Waals surface area contributed by atoms with Crippen LogP contribution in [0.3, 0.4) is 0 Å². The predicted molar refractivity (Wildman–Crippen MR) is 228 cm³/mol. The molecule has 0 aromatic carbocycles. The topological polar surface area (TPSA) is 203 Å². The van der Waals surface area contributed by atoms with Crippen LogP contribution >= 0.6 is 0 Å². The number of aliphatic hydroxyl groups is 1. The van der Waals surface area contributed by atoms with Gasteiger partial charge in [-0.05, 0) is 96.8 Å². The first-order valence-electron chi connectivity index (χ1n) is 24.0. The van der Waals surface area contributed by atoms with Gasteiger partial charge in [-0.15, -0.1) is 0 Å². The maximum absolute atomic E-state index is 10.9. The lowest BCUT2D eigenvalue weighted by molar-refractivity contribution is -0.297. The second kappa shape index (κ2) is 16.4. The molecule has 64 heavy (non-hydrogen) atoms. The minimum absolute atomic E-state index is 0.0143. The van der Waals surface area contributed by atoms with E-state index in [0.29, 0.717) is 23.5 Å². The van der Waals surface area contributed by atoms with Crippen LogP contribution in [0.15, 0.2) is 48.1 Å². The summed E-state index contributed by atoms with van der Waals surface area (Å²) in [6.07, 6.45) is 20.3. The van der Waals surface area contributed by atoms with E-state index in [1.807, 2.05) is 6.92 Å². The Labute approximate surface area is 377 Å². The highest BCUT2D eigenvalue weighted by molar-refractivity contribution is 5.78. The maximum Gasteiger partial charge on any atom is 0.145 e. The van der Waals surface area contributed by atoms with Gasteiger partial charge in [0.2, 0.25) is 0 Å². The number of carboxylic acids is 1. The minimum Gasteiger partial charge on any atom is -0.545 e. The van der Waals surface area contributed by atoms with Gasteiger partial charge in [0.05, 0.1) is 108 Å². The summed E-state index contributed by atoms with van der Waals surface area (Å²) >= 11 is 0. The van der Waals surface area contributed by atoms with Gasteiger partial charge in [-0.1, -0.05) is 37.8 Å². The first-order chi connectivity index (χ1) is 30.3. The molecule has 1 N–H and O–H groups in total. The van der Waals surface area contributed by atoms with Gasteiger partial charge in [0, 0.05) is 38.5 Å². The summed E-state index contributed by atoms with van der Waals surface area (Å²) in [5.41, 5.74) is -0.120. The molecule has 0 spiro atoms. The molecular weight excluding hydrogens is 825 g/mol. The van der Waals surface area contributed by atoms with Crippen LogP contribution in [0.1, 0.15) is 119 Å². The van der Waals surface area contributed by atoms with Crippen molar-refractivity contribution in [1.29, 1.82) is 0 Å². The second-order valence-corrected chi connectivity index (χ2v) is 22.1. The zero-order valence-corrected chi connectivity index (χ0v) is 38.5. The molecular formula is C50H69O14-. The summed E-state index contributed by atoms with van der Waals surface area (Å²) in [6, 6.07) is 0. The summed E-state index contributed by atoms with van der Waals surface area (Å²) in [4.78, 5) is 21.6. The van der Waals surface area contributed by atoms with Gasteiger partial charge in [0.1, 0.15) is 30.2 Å². The molecule has 10 aliphatic heterocycles. The van der Waals surface area contributed by atoms with E-state index < -0.39 is 17.7 Å². The molecule has 10 heterocycles. The van der Waals surface area contributed by atoms with Gasteiger partial charge < -0.3 is 62.4 Å². The van der Waals surface area contributed by atoms with Crippen LogP contribution in [0.4, 0.5) is 0 Å². The molecule has 14 heteroatoms. The lowest BCUT2D eigenvalue weighted by Gasteiger charge is -2.11. The van der Waals surface area contributed by atoms with Gasteiger partial charge in [-0.2, -0.15) is 0 Å². The van der Waals surface area contributed by atoms with Crippen molar-refractivity contribution in [2.75, 3.05) is 0 Å². The fourth-order valence-corrected chi connectivity index (χ4v) is 11.0. The number of hydrogen-bond donors (Lipinski definition) is 1. The van der Waals surface area contributed by atoms with Crippen LogP contribution in [0, 0.1) is 5.92 Å². The van der Waals surface area contributed by atoms with E-state index >= 15 is 0 Å². The molecule has 10 fully saturated rings. The lowest BCUT2D eigenvalue weighted by Crippen LogP contribution is -2.27. The van der Waals surface area contributed by atoms with E-state index in [1.165, 1.54) is 0 Å². The number of carboxylic acid groups (broad SMARTS) is 1. The van der Waals surface area contributed by atoms with Gasteiger partial charge in [0.25, 0.3) is 0 Å². The summed E-state index contributed by atoms with van der Waals surface area (Å²) < 4.78 is 60.6. The van der Waals surface area contributed by atoms with Crippen molar-refractivity contribution < 1.29 is 67.2 Å². The standard InChI is InChI=1S/C50H70O14/c1-26(25-51)11-9-13-37(52)50(8)41(64-50)20-34-33(56-34)19-32-29(55-32)12-10-15-46(4)42(63-46)24-49(7)40(62-49)22-39-47(5,60-39)16-14-30-44(58-30)27(2)17-31-36(57-31)23-48(6)38(61-48)21-35-45(59-35)28(3)18-43(53)54/h9-10,12-13,18,25,27,29-42,44-45,52H,1,11,14-17,19-24H2,2-8H3,(H,53,54)/p-1/b12-10-,13-9+,28-18-/t27-,29-,30-,31-,32-,33-,34-,35-,36-,37+,38-,39-,40-,41-,42-,44-,45-,46-,47-,48-,49-,50-/m1/s1. The van der Waals surface area contributed by atoms with Crippen molar-refractivity contribution in [1.82, 2.24) is 0 Å². The fraction of sp³-hybridized carbons (Fsp3) is 0.800. The molecule has 0 bridgehead atoms. The molecule has 0 amide bonds. The van der Waals surface area contributed by atoms with E-state index in [-0.39, 0.29) is 114 Å². The number of ether oxygens (including phenoxy) is 10. The minimum atomic E-state index is -1.19. The number of aliphatic hydroxyl groups excluding tert-OH is 1. The third kappa shape index (κ3) is 10.2. The Bertz CT molecular complexity index is 1940. The number of epoxide rings is 10. The van der Waals surface area contributed by atoms with E-state index in [2.05, 4.69) is 53.3 Å². The van der Waals surface area contributed by atoms with Crippen LogP contribution in [-0.4, -0.2) is 143 Å². The Morgan fingerprint density at radius 2 is 1.39 bits per heavy atom. The van der Waals surface area contributed by atoms with Gasteiger partial charge in [0.15, 0.2) is 0 Å². The van der Waals surface area contributed by atoms with Crippen LogP contribution < -0.4 is 5.11 Å². The quantitative estimate of drug-likeness (QED) is 0.0499. The summed E-state index contributed by atoms with van der Waals surface area (Å²) in [6.45, 7) is 18.4. The van der Waals surface area contributed by atoms with Crippen LogP contribution in [-0.2, 0) is 57.0 Å². The summed E-state index contributed by atoms with van der Waals surface area (Å²) in [5, 5.41) is 21.4. The Hall–Kier alpha value is -2.34. The van der Waals surface area contributed by atoms with Crippen molar-refractivity contribution in [2.24, 2.45) is 5.92 Å². The summed E-state index contributed by atoms with van der Waals surface area (Å²) in [7, 11) is 0. The zero-order valence-electron chi connectivity index (χ0n) is 38.5. The number of allylic oxidation sites excluding steroid dienone is 2. The third-order valence-corrected chi connectivity index (χ3v) is 16.5. The molecule has 10 saturated heterocycles. The summed E-state index contributed by atoms with van der Waals surface area (Å²) in [5.74, 6) is -0.756. The molecule has 0 unspecified atom stereocenters. The van der Waals surface area contributed by atoms with E-state index in [1.54, 1.807) is 19.1 Å². The van der Waals surface area contributed by atoms with Crippen molar-refractivity contribution in [3.63, 3.8) is 0 Å². The molecule has 10 aliphatic rings. The SMILES string of the molecule is C=C(C=O)C/C=C/[C@H](O)[C@@]1(C)O[C@@H]1C[C@H]1O[C@@H]1C[C@H]1O[C@@H]1/C=C\C[C@@]1(C)O[C@@H]1C[C@@]1(C)O[C@@H]1C[C@H]1O[C@]1(C)CC[C@H]1O[C@@H]1[C@H](C)C[C@H]1O[C@@H]1C[C@@]1(C)O[C@@H]1C[C@H]1O[C@@H]1/C(C)=C\C(=O)[O-]. The van der Waals surface area contributed by atoms with Gasteiger partial charge >= 0.3 is 0 Å². The van der Waals surface area contributed by atoms with Crippen LogP contribution in [0.5, 0.6) is 0 Å². The van der Waals surface area contributed by atoms with E-state index in [4.69, 9.17) is 47.4 Å². The monoisotopic (exact) mass is 893 g/mol. The molecule has 10 rings (SSSR count). The largest absolute Gasteiger partial charge is 0.545 e. The lowest BCUT2D eigenvalue weighted by atomic mass is 9.89. The smallest absolute Gasteiger partial charge is 0.145 e. The van der Waals surface area contributed by atoms with Gasteiger partial charge in [-0.25, -0.2) is 0 Å².